The molecule has 1 saturated carbocycles. The zero-order valence-electron chi connectivity index (χ0n) is 23.0. The summed E-state index contributed by atoms with van der Waals surface area (Å²) < 4.78 is 11.5. The van der Waals surface area contributed by atoms with Gasteiger partial charge in [-0.1, -0.05) is 69.5 Å². The molecule has 2 aliphatic heterocycles. The summed E-state index contributed by atoms with van der Waals surface area (Å²) >= 11 is 0. The van der Waals surface area contributed by atoms with Gasteiger partial charge < -0.3 is 14.4 Å². The Morgan fingerprint density at radius 2 is 1.89 bits per heavy atom. The van der Waals surface area contributed by atoms with Crippen molar-refractivity contribution in [1.82, 2.24) is 9.88 Å². The lowest BCUT2D eigenvalue weighted by Crippen LogP contribution is -2.56. The summed E-state index contributed by atoms with van der Waals surface area (Å²) in [6.45, 7) is 6.29. The minimum atomic E-state index is -0.355. The van der Waals surface area contributed by atoms with E-state index in [2.05, 4.69) is 55.1 Å². The molecule has 2 aromatic rings. The van der Waals surface area contributed by atoms with Crippen molar-refractivity contribution in [2.75, 3.05) is 20.3 Å². The van der Waals surface area contributed by atoms with Gasteiger partial charge >= 0.3 is 0 Å². The molecule has 5 rings (SSSR count). The third-order valence-corrected chi connectivity index (χ3v) is 9.69. The second-order valence-corrected chi connectivity index (χ2v) is 11.4. The van der Waals surface area contributed by atoms with Crippen LogP contribution in [0.15, 0.2) is 42.5 Å². The average molecular weight is 505 g/mol. The van der Waals surface area contributed by atoms with Crippen LogP contribution in [-0.4, -0.2) is 42.1 Å². The van der Waals surface area contributed by atoms with Gasteiger partial charge in [0.1, 0.15) is 0 Å². The first-order valence-corrected chi connectivity index (χ1v) is 14.6. The zero-order chi connectivity index (χ0) is 25.8. The van der Waals surface area contributed by atoms with Crippen LogP contribution in [0.2, 0.25) is 0 Å². The number of carbonyl (C=O) groups is 1. The second-order valence-electron chi connectivity index (χ2n) is 11.4. The Bertz CT molecular complexity index is 1050. The van der Waals surface area contributed by atoms with Gasteiger partial charge in [-0.15, -0.1) is 0 Å². The number of pyridine rings is 1. The molecule has 200 valence electrons. The normalized spacial score (nSPS) is 27.4. The van der Waals surface area contributed by atoms with Crippen LogP contribution in [-0.2, 0) is 21.6 Å². The molecule has 37 heavy (non-hydrogen) atoms. The van der Waals surface area contributed by atoms with E-state index in [1.165, 1.54) is 43.2 Å². The molecule has 0 bridgehead atoms. The van der Waals surface area contributed by atoms with Crippen LogP contribution in [0, 0.1) is 11.8 Å². The van der Waals surface area contributed by atoms with E-state index in [0.29, 0.717) is 42.9 Å². The van der Waals surface area contributed by atoms with Crippen molar-refractivity contribution in [3.8, 4) is 5.88 Å². The Hall–Kier alpha value is -2.40. The van der Waals surface area contributed by atoms with Crippen molar-refractivity contribution >= 4 is 5.91 Å². The van der Waals surface area contributed by atoms with Gasteiger partial charge in [0.25, 0.3) is 0 Å². The smallest absolute Gasteiger partial charge is 0.226 e. The molecule has 0 unspecified atom stereocenters. The fraction of sp³-hybridized carbons (Fsp3) is 0.625. The first kappa shape index (κ1) is 26.2. The number of hydrogen-bond donors (Lipinski definition) is 0. The lowest BCUT2D eigenvalue weighted by Gasteiger charge is -2.49. The molecular formula is C32H44N2O3. The highest BCUT2D eigenvalue weighted by atomic mass is 16.5. The maximum Gasteiger partial charge on any atom is 0.226 e. The summed E-state index contributed by atoms with van der Waals surface area (Å²) in [6, 6.07) is 15.4. The van der Waals surface area contributed by atoms with Gasteiger partial charge in [-0.2, -0.15) is 0 Å². The molecular weight excluding hydrogens is 460 g/mol. The van der Waals surface area contributed by atoms with Gasteiger partial charge in [0.05, 0.1) is 26.0 Å². The quantitative estimate of drug-likeness (QED) is 0.424. The molecule has 1 aromatic heterocycles. The van der Waals surface area contributed by atoms with Gasteiger partial charge in [0.2, 0.25) is 11.8 Å². The van der Waals surface area contributed by atoms with Gasteiger partial charge in [-0.3, -0.25) is 4.79 Å². The van der Waals surface area contributed by atoms with Crippen molar-refractivity contribution < 1.29 is 14.3 Å². The van der Waals surface area contributed by atoms with Gasteiger partial charge in [-0.25, -0.2) is 4.98 Å². The number of aromatic nitrogens is 1. The molecule has 5 heteroatoms. The van der Waals surface area contributed by atoms with E-state index < -0.39 is 0 Å². The van der Waals surface area contributed by atoms with Crippen molar-refractivity contribution in [2.24, 2.45) is 11.8 Å². The van der Waals surface area contributed by atoms with E-state index >= 15 is 0 Å². The molecule has 0 spiro atoms. The monoisotopic (exact) mass is 504 g/mol. The maximum absolute atomic E-state index is 14.6. The topological polar surface area (TPSA) is 51.7 Å². The number of ether oxygens (including phenoxy) is 2. The number of carbonyl (C=O) groups excluding carboxylic acids is 1. The number of piperidine rings is 1. The Balaban J connectivity index is 1.46. The van der Waals surface area contributed by atoms with Crippen LogP contribution < -0.4 is 4.74 Å². The highest BCUT2D eigenvalue weighted by molar-refractivity contribution is 5.81. The molecule has 3 heterocycles. The lowest BCUT2D eigenvalue weighted by molar-refractivity contribution is -0.146. The summed E-state index contributed by atoms with van der Waals surface area (Å²) in [7, 11) is 1.65. The van der Waals surface area contributed by atoms with Crippen molar-refractivity contribution in [3.63, 3.8) is 0 Å². The third kappa shape index (κ3) is 5.04. The number of nitrogens with zero attached hydrogens (tertiary/aromatic N) is 2. The molecule has 4 atom stereocenters. The first-order chi connectivity index (χ1) is 18.1. The largest absolute Gasteiger partial charge is 0.481 e. The number of benzene rings is 1. The first-order valence-electron chi connectivity index (χ1n) is 14.6. The Labute approximate surface area is 223 Å². The summed E-state index contributed by atoms with van der Waals surface area (Å²) in [6.07, 6.45) is 10.2. The van der Waals surface area contributed by atoms with Crippen LogP contribution in [0.4, 0.5) is 0 Å². The number of amides is 1. The fourth-order valence-electron chi connectivity index (χ4n) is 7.66. The molecule has 5 nitrogen and oxygen atoms in total. The minimum Gasteiger partial charge on any atom is -0.481 e. The highest BCUT2D eigenvalue weighted by Gasteiger charge is 2.49. The van der Waals surface area contributed by atoms with E-state index in [0.717, 1.165) is 37.9 Å². The summed E-state index contributed by atoms with van der Waals surface area (Å²) in [5.41, 5.74) is 3.18. The summed E-state index contributed by atoms with van der Waals surface area (Å²) in [5.74, 6) is 1.96. The fourth-order valence-corrected chi connectivity index (χ4v) is 7.66. The van der Waals surface area contributed by atoms with Crippen LogP contribution in [0.25, 0.3) is 0 Å². The highest BCUT2D eigenvalue weighted by Crippen LogP contribution is 2.46. The molecule has 0 N–H and O–H groups in total. The molecule has 2 fully saturated rings. The van der Waals surface area contributed by atoms with Crippen LogP contribution in [0.5, 0.6) is 5.88 Å². The molecule has 1 aromatic carbocycles. The van der Waals surface area contributed by atoms with Crippen LogP contribution in [0.1, 0.15) is 94.4 Å². The number of hydrogen-bond acceptors (Lipinski definition) is 4. The van der Waals surface area contributed by atoms with E-state index in [9.17, 15) is 4.79 Å². The number of rotatable bonds is 7. The number of fused-ring (bicyclic) bond motifs is 1. The molecule has 1 saturated heterocycles. The summed E-state index contributed by atoms with van der Waals surface area (Å²) in [5, 5.41) is 0. The van der Waals surface area contributed by atoms with E-state index in [1.54, 1.807) is 7.11 Å². The summed E-state index contributed by atoms with van der Waals surface area (Å²) in [4.78, 5) is 21.7. The maximum atomic E-state index is 14.6. The zero-order valence-corrected chi connectivity index (χ0v) is 23.0. The average Bonchev–Trinajstić information content (AvgIpc) is 2.97. The molecule has 0 radical (unpaired) electrons. The predicted octanol–water partition coefficient (Wildman–Crippen LogP) is 6.65. The Morgan fingerprint density at radius 3 is 2.59 bits per heavy atom. The van der Waals surface area contributed by atoms with E-state index in [4.69, 9.17) is 14.5 Å². The van der Waals surface area contributed by atoms with Crippen molar-refractivity contribution in [3.05, 3.63) is 59.3 Å². The van der Waals surface area contributed by atoms with E-state index in [-0.39, 0.29) is 11.3 Å². The van der Waals surface area contributed by atoms with Gasteiger partial charge in [-0.05, 0) is 61.5 Å². The molecule has 3 aliphatic rings. The Kier molecular flexibility index (Phi) is 8.18. The second kappa shape index (κ2) is 11.6. The number of likely N-dealkylation sites (tertiary alicyclic amines) is 1. The molecule has 1 amide bonds. The van der Waals surface area contributed by atoms with Crippen LogP contribution >= 0.6 is 0 Å². The molecule has 1 aliphatic carbocycles. The lowest BCUT2D eigenvalue weighted by atomic mass is 9.65. The predicted molar refractivity (Wildman–Crippen MR) is 147 cm³/mol. The SMILES string of the molecule is CC[C@@H](C(=O)N1CC[C@@H](c2ccccc2)C[C@H]1C1CCCCC1)[C@]1(CC)COCc2nc(OC)ccc21. The van der Waals surface area contributed by atoms with E-state index in [1.807, 2.05) is 6.07 Å². The third-order valence-electron chi connectivity index (χ3n) is 9.69. The minimum absolute atomic E-state index is 0.119. The van der Waals surface area contributed by atoms with Gasteiger partial charge in [0, 0.05) is 30.0 Å². The van der Waals surface area contributed by atoms with Crippen molar-refractivity contribution in [1.29, 1.82) is 0 Å². The van der Waals surface area contributed by atoms with Gasteiger partial charge in [0.15, 0.2) is 0 Å². The Morgan fingerprint density at radius 1 is 1.11 bits per heavy atom. The standard InChI is InChI=1S/C32H44N2O3/c1-4-26(32(5-2)22-37-21-28-27(32)16-17-30(33-28)36-3)31(35)34-19-18-25(23-12-8-6-9-13-23)20-29(34)24-14-10-7-11-15-24/h6,8-9,12-13,16-17,24-26,29H,4-5,7,10-11,14-15,18-22H2,1-3H3/t25-,26+,29+,32+/m1/s1. The van der Waals surface area contributed by atoms with Crippen LogP contribution in [0.3, 0.4) is 0 Å². The van der Waals surface area contributed by atoms with Crippen molar-refractivity contribution in [2.45, 2.75) is 95.6 Å². The number of methoxy groups -OCH3 is 1.